The number of hydrogen-bond acceptors (Lipinski definition) is 5. The van der Waals surface area contributed by atoms with Gasteiger partial charge in [0, 0.05) is 41.5 Å². The first-order valence-corrected chi connectivity index (χ1v) is 8.38. The molecule has 0 fully saturated rings. The van der Waals surface area contributed by atoms with E-state index in [0.29, 0.717) is 16.4 Å². The summed E-state index contributed by atoms with van der Waals surface area (Å²) in [5.74, 6) is 0.671. The summed E-state index contributed by atoms with van der Waals surface area (Å²) < 4.78 is 29.2. The Hall–Kier alpha value is -1.05. The van der Waals surface area contributed by atoms with E-state index >= 15 is 0 Å². The molecule has 108 valence electrons. The molecule has 0 aliphatic rings. The summed E-state index contributed by atoms with van der Waals surface area (Å²) in [4.78, 5) is 6.12. The Bertz CT molecular complexity index is 633. The monoisotopic (exact) mass is 333 g/mol. The van der Waals surface area contributed by atoms with Gasteiger partial charge in [0.15, 0.2) is 5.82 Å². The Morgan fingerprint density at radius 1 is 1.40 bits per heavy atom. The van der Waals surface area contributed by atoms with E-state index < -0.39 is 16.6 Å². The minimum atomic E-state index is -1.18. The van der Waals surface area contributed by atoms with Gasteiger partial charge in [-0.3, -0.25) is 4.21 Å². The molecule has 0 N–H and O–H groups in total. The lowest BCUT2D eigenvalue weighted by atomic mass is 10.2. The zero-order valence-corrected chi connectivity index (χ0v) is 13.4. The number of aromatic nitrogens is 2. The molecule has 1 atom stereocenters. The fourth-order valence-electron chi connectivity index (χ4n) is 1.49. The van der Waals surface area contributed by atoms with E-state index in [1.165, 1.54) is 23.7 Å². The van der Waals surface area contributed by atoms with Gasteiger partial charge in [-0.05, 0) is 17.7 Å². The molecule has 0 aliphatic carbocycles. The Labute approximate surface area is 128 Å². The van der Waals surface area contributed by atoms with Gasteiger partial charge in [-0.25, -0.2) is 9.37 Å². The van der Waals surface area contributed by atoms with Gasteiger partial charge in [0.25, 0.3) is 0 Å². The van der Waals surface area contributed by atoms with E-state index in [1.54, 1.807) is 6.07 Å². The summed E-state index contributed by atoms with van der Waals surface area (Å²) in [5.41, 5.74) is 0.662. The van der Waals surface area contributed by atoms with Crippen LogP contribution in [0.3, 0.4) is 0 Å². The van der Waals surface area contributed by atoms with E-state index in [4.69, 9.17) is 11.6 Å². The van der Waals surface area contributed by atoms with Crippen molar-refractivity contribution in [3.63, 3.8) is 0 Å². The molecule has 0 aliphatic heterocycles. The van der Waals surface area contributed by atoms with E-state index in [1.807, 2.05) is 19.0 Å². The second-order valence-electron chi connectivity index (χ2n) is 4.35. The maximum Gasteiger partial charge on any atom is 0.204 e. The highest BCUT2D eigenvalue weighted by Crippen LogP contribution is 2.20. The lowest BCUT2D eigenvalue weighted by Crippen LogP contribution is -2.08. The molecule has 20 heavy (non-hydrogen) atoms. The van der Waals surface area contributed by atoms with Crippen LogP contribution in [0.2, 0.25) is 5.02 Å². The summed E-state index contributed by atoms with van der Waals surface area (Å²) in [7, 11) is 2.57. The number of hydrogen-bond donors (Lipinski definition) is 0. The predicted octanol–water partition coefficient (Wildman–Crippen LogP) is 2.85. The van der Waals surface area contributed by atoms with Crippen molar-refractivity contribution in [2.75, 3.05) is 19.0 Å². The molecule has 0 spiro atoms. The first-order chi connectivity index (χ1) is 9.45. The predicted molar refractivity (Wildman–Crippen MR) is 81.2 cm³/mol. The Balaban J connectivity index is 2.01. The van der Waals surface area contributed by atoms with E-state index in [2.05, 4.69) is 9.36 Å². The summed E-state index contributed by atoms with van der Waals surface area (Å²) in [5, 5.41) is 1.07. The highest BCUT2D eigenvalue weighted by atomic mass is 35.5. The molecule has 0 saturated heterocycles. The van der Waals surface area contributed by atoms with E-state index in [0.717, 1.165) is 5.13 Å². The van der Waals surface area contributed by atoms with Gasteiger partial charge in [-0.1, -0.05) is 17.7 Å². The SMILES string of the molecule is CN(C)c1nc(C[S@@](=O)Cc2ccc(F)cc2Cl)ns1. The molecule has 2 aromatic rings. The van der Waals surface area contributed by atoms with Gasteiger partial charge >= 0.3 is 0 Å². The normalized spacial score (nSPS) is 12.4. The van der Waals surface area contributed by atoms with Crippen molar-refractivity contribution in [1.29, 1.82) is 0 Å². The highest BCUT2D eigenvalue weighted by molar-refractivity contribution is 7.83. The molecule has 0 saturated carbocycles. The molecule has 1 aromatic heterocycles. The van der Waals surface area contributed by atoms with Crippen molar-refractivity contribution in [1.82, 2.24) is 9.36 Å². The average Bonchev–Trinajstić information content (AvgIpc) is 2.81. The smallest absolute Gasteiger partial charge is 0.204 e. The standard InChI is InChI=1S/C12H13ClFN3OS2/c1-17(2)12-15-11(16-19-12)7-20(18)6-8-3-4-9(14)5-10(8)13/h3-5H,6-7H2,1-2H3/t20-/m0/s1. The van der Waals surface area contributed by atoms with E-state index in [9.17, 15) is 8.60 Å². The minimum Gasteiger partial charge on any atom is -0.353 e. The Morgan fingerprint density at radius 3 is 2.75 bits per heavy atom. The Morgan fingerprint density at radius 2 is 2.15 bits per heavy atom. The molecular formula is C12H13ClFN3OS2. The number of anilines is 1. The number of rotatable bonds is 5. The van der Waals surface area contributed by atoms with Gasteiger partial charge in [-0.2, -0.15) is 4.37 Å². The zero-order valence-electron chi connectivity index (χ0n) is 11.0. The van der Waals surface area contributed by atoms with Gasteiger partial charge in [0.2, 0.25) is 5.13 Å². The first-order valence-electron chi connectivity index (χ1n) is 5.74. The van der Waals surface area contributed by atoms with Crippen molar-refractivity contribution >= 4 is 39.1 Å². The molecular weight excluding hydrogens is 321 g/mol. The van der Waals surface area contributed by atoms with Crippen LogP contribution in [0.15, 0.2) is 18.2 Å². The molecule has 1 aromatic carbocycles. The third-order valence-electron chi connectivity index (χ3n) is 2.46. The van der Waals surface area contributed by atoms with Crippen LogP contribution >= 0.6 is 23.1 Å². The van der Waals surface area contributed by atoms with Gasteiger partial charge < -0.3 is 4.90 Å². The van der Waals surface area contributed by atoms with Crippen molar-refractivity contribution in [2.45, 2.75) is 11.5 Å². The summed E-state index contributed by atoms with van der Waals surface area (Å²) in [6.45, 7) is 0. The Kier molecular flexibility index (Phi) is 5.06. The van der Waals surface area contributed by atoms with Crippen LogP contribution in [0.5, 0.6) is 0 Å². The average molecular weight is 334 g/mol. The lowest BCUT2D eigenvalue weighted by molar-refractivity contribution is 0.627. The second kappa shape index (κ2) is 6.60. The molecule has 0 unspecified atom stereocenters. The lowest BCUT2D eigenvalue weighted by Gasteiger charge is -2.05. The van der Waals surface area contributed by atoms with Crippen molar-refractivity contribution in [3.05, 3.63) is 40.4 Å². The van der Waals surface area contributed by atoms with Crippen LogP contribution < -0.4 is 4.90 Å². The van der Waals surface area contributed by atoms with Crippen LogP contribution in [0.4, 0.5) is 9.52 Å². The number of halogens is 2. The topological polar surface area (TPSA) is 46.1 Å². The van der Waals surface area contributed by atoms with Crippen LogP contribution in [-0.2, 0) is 22.3 Å². The molecule has 0 bridgehead atoms. The van der Waals surface area contributed by atoms with Gasteiger partial charge in [0.1, 0.15) is 5.82 Å². The summed E-state index contributed by atoms with van der Waals surface area (Å²) >= 11 is 7.18. The molecule has 8 heteroatoms. The van der Waals surface area contributed by atoms with Gasteiger partial charge in [0.05, 0.1) is 11.5 Å². The van der Waals surface area contributed by atoms with E-state index in [-0.39, 0.29) is 11.5 Å². The van der Waals surface area contributed by atoms with Crippen LogP contribution in [-0.4, -0.2) is 27.7 Å². The fourth-order valence-corrected chi connectivity index (χ4v) is 3.61. The largest absolute Gasteiger partial charge is 0.353 e. The third-order valence-corrected chi connectivity index (χ3v) is 4.95. The molecule has 0 amide bonds. The highest BCUT2D eigenvalue weighted by Gasteiger charge is 2.12. The summed E-state index contributed by atoms with van der Waals surface area (Å²) in [6.07, 6.45) is 0. The van der Waals surface area contributed by atoms with Crippen molar-refractivity contribution in [2.24, 2.45) is 0 Å². The summed E-state index contributed by atoms with van der Waals surface area (Å²) in [6, 6.07) is 4.08. The zero-order chi connectivity index (χ0) is 14.7. The fraction of sp³-hybridized carbons (Fsp3) is 0.333. The molecule has 1 heterocycles. The van der Waals surface area contributed by atoms with Crippen molar-refractivity contribution in [3.8, 4) is 0 Å². The van der Waals surface area contributed by atoms with Crippen LogP contribution in [0, 0.1) is 5.82 Å². The number of benzene rings is 1. The number of nitrogens with zero attached hydrogens (tertiary/aromatic N) is 3. The molecule has 2 rings (SSSR count). The quantitative estimate of drug-likeness (QED) is 0.844. The maximum atomic E-state index is 12.9. The maximum absolute atomic E-state index is 12.9. The molecule has 4 nitrogen and oxygen atoms in total. The minimum absolute atomic E-state index is 0.260. The van der Waals surface area contributed by atoms with Gasteiger partial charge in [-0.15, -0.1) is 0 Å². The third kappa shape index (κ3) is 3.97. The van der Waals surface area contributed by atoms with Crippen molar-refractivity contribution < 1.29 is 8.60 Å². The van der Waals surface area contributed by atoms with Crippen LogP contribution in [0.1, 0.15) is 11.4 Å². The first kappa shape index (κ1) is 15.3. The second-order valence-corrected chi connectivity index (χ2v) is 6.95. The molecule has 0 radical (unpaired) electrons. The van der Waals surface area contributed by atoms with Crippen LogP contribution in [0.25, 0.3) is 0 Å².